The van der Waals surface area contributed by atoms with Gasteiger partial charge in [0.05, 0.1) is 29.0 Å². The van der Waals surface area contributed by atoms with Crippen molar-refractivity contribution < 1.29 is 13.9 Å². The number of hydrogen-bond acceptors (Lipinski definition) is 8. The number of pyridine rings is 1. The number of oxazole rings is 1. The van der Waals surface area contributed by atoms with E-state index in [0.29, 0.717) is 23.0 Å². The zero-order chi connectivity index (χ0) is 23.3. The molecule has 4 aromatic heterocycles. The summed E-state index contributed by atoms with van der Waals surface area (Å²) in [5.41, 5.74) is 0.343. The van der Waals surface area contributed by atoms with Gasteiger partial charge in [0.25, 0.3) is 5.56 Å². The van der Waals surface area contributed by atoms with E-state index in [1.54, 1.807) is 27.0 Å². The summed E-state index contributed by atoms with van der Waals surface area (Å²) in [6.07, 6.45) is 1.92. The Balaban J connectivity index is 1.69. The summed E-state index contributed by atoms with van der Waals surface area (Å²) in [5.74, 6) is 0.576. The van der Waals surface area contributed by atoms with Crippen molar-refractivity contribution >= 4 is 28.3 Å². The molecule has 1 saturated carbocycles. The van der Waals surface area contributed by atoms with Gasteiger partial charge in [-0.05, 0) is 44.2 Å². The van der Waals surface area contributed by atoms with Crippen LogP contribution in [0.25, 0.3) is 21.8 Å². The van der Waals surface area contributed by atoms with Gasteiger partial charge in [-0.2, -0.15) is 0 Å². The van der Waals surface area contributed by atoms with Crippen LogP contribution in [0.2, 0.25) is 0 Å². The van der Waals surface area contributed by atoms with E-state index in [1.165, 1.54) is 15.9 Å². The first-order chi connectivity index (χ1) is 15.9. The van der Waals surface area contributed by atoms with Crippen molar-refractivity contribution in [2.24, 2.45) is 7.05 Å². The Morgan fingerprint density at radius 2 is 2.09 bits per heavy atom. The average molecular weight is 467 g/mol. The van der Waals surface area contributed by atoms with E-state index in [9.17, 15) is 14.4 Å². The molecule has 0 amide bonds. The highest BCUT2D eigenvalue weighted by atomic mass is 32.1. The monoisotopic (exact) mass is 466 g/mol. The number of carbonyl (C=O) groups excluding carboxylic acids is 1. The molecule has 1 aliphatic carbocycles. The first kappa shape index (κ1) is 21.3. The summed E-state index contributed by atoms with van der Waals surface area (Å²) in [7, 11) is 1.55. The predicted molar refractivity (Wildman–Crippen MR) is 123 cm³/mol. The van der Waals surface area contributed by atoms with Crippen LogP contribution in [-0.4, -0.2) is 31.7 Å². The number of aryl methyl sites for hydroxylation is 2. The van der Waals surface area contributed by atoms with Crippen molar-refractivity contribution in [3.05, 3.63) is 67.1 Å². The molecular formula is C23H22N4O5S. The van der Waals surface area contributed by atoms with Gasteiger partial charge in [0.2, 0.25) is 5.89 Å². The molecule has 33 heavy (non-hydrogen) atoms. The quantitative estimate of drug-likeness (QED) is 0.401. The molecule has 9 nitrogen and oxygen atoms in total. The van der Waals surface area contributed by atoms with Gasteiger partial charge in [-0.25, -0.2) is 19.6 Å². The second-order valence-corrected chi connectivity index (χ2v) is 8.97. The van der Waals surface area contributed by atoms with Gasteiger partial charge in [0.15, 0.2) is 0 Å². The predicted octanol–water partition coefficient (Wildman–Crippen LogP) is 3.22. The van der Waals surface area contributed by atoms with Crippen LogP contribution >= 0.6 is 11.3 Å². The van der Waals surface area contributed by atoms with E-state index in [0.717, 1.165) is 22.3 Å². The maximum atomic E-state index is 13.5. The lowest BCUT2D eigenvalue weighted by Gasteiger charge is -2.13. The zero-order valence-corrected chi connectivity index (χ0v) is 19.3. The van der Waals surface area contributed by atoms with Crippen LogP contribution in [0.1, 0.15) is 53.2 Å². The van der Waals surface area contributed by atoms with Crippen molar-refractivity contribution in [1.82, 2.24) is 19.1 Å². The standard InChI is InChI=1S/C23H22N4O5S/c1-4-31-22(29)14-10-15(13-7-8-13)24-19-18(14)21(28)27(23(30)26(19)3)11-16-12(2)32-20(25-16)17-6-5-9-33-17/h5-6,9-10,13H,4,7-8,11H2,1-3H3. The van der Waals surface area contributed by atoms with E-state index in [1.807, 2.05) is 17.5 Å². The van der Waals surface area contributed by atoms with Crippen molar-refractivity contribution in [2.45, 2.75) is 39.2 Å². The van der Waals surface area contributed by atoms with Gasteiger partial charge in [0, 0.05) is 18.7 Å². The van der Waals surface area contributed by atoms with E-state index in [2.05, 4.69) is 9.97 Å². The third-order valence-corrected chi connectivity index (χ3v) is 6.60. The number of nitrogens with zero attached hydrogens (tertiary/aromatic N) is 4. The van der Waals surface area contributed by atoms with Crippen LogP contribution in [0.3, 0.4) is 0 Å². The van der Waals surface area contributed by atoms with Crippen LogP contribution in [0.4, 0.5) is 0 Å². The molecule has 0 aliphatic heterocycles. The number of aromatic nitrogens is 4. The smallest absolute Gasteiger partial charge is 0.339 e. The summed E-state index contributed by atoms with van der Waals surface area (Å²) in [5, 5.41) is 1.98. The Kier molecular flexibility index (Phi) is 5.24. The summed E-state index contributed by atoms with van der Waals surface area (Å²) in [6, 6.07) is 5.41. The van der Waals surface area contributed by atoms with Crippen molar-refractivity contribution in [3.63, 3.8) is 0 Å². The summed E-state index contributed by atoms with van der Waals surface area (Å²) in [6.45, 7) is 3.53. The Hall–Kier alpha value is -3.53. The molecule has 1 fully saturated rings. The third kappa shape index (κ3) is 3.70. The normalized spacial score (nSPS) is 13.5. The SMILES string of the molecule is CCOC(=O)c1cc(C2CC2)nc2c1c(=O)n(Cc1nc(-c3cccs3)oc1C)c(=O)n2C. The Bertz CT molecular complexity index is 1490. The van der Waals surface area contributed by atoms with E-state index < -0.39 is 17.2 Å². The van der Waals surface area contributed by atoms with E-state index >= 15 is 0 Å². The molecule has 0 radical (unpaired) electrons. The zero-order valence-electron chi connectivity index (χ0n) is 18.5. The summed E-state index contributed by atoms with van der Waals surface area (Å²) in [4.78, 5) is 49.4. The van der Waals surface area contributed by atoms with E-state index in [-0.39, 0.29) is 35.7 Å². The molecule has 4 aromatic rings. The number of ether oxygens (including phenoxy) is 1. The Labute approximate surface area is 192 Å². The molecular weight excluding hydrogens is 444 g/mol. The molecule has 1 aliphatic rings. The Morgan fingerprint density at radius 3 is 2.76 bits per heavy atom. The second kappa shape index (κ2) is 8.11. The minimum atomic E-state index is -0.605. The van der Waals surface area contributed by atoms with Crippen LogP contribution in [-0.2, 0) is 18.3 Å². The highest BCUT2D eigenvalue weighted by molar-refractivity contribution is 7.13. The number of fused-ring (bicyclic) bond motifs is 1. The molecule has 0 N–H and O–H groups in total. The first-order valence-electron chi connectivity index (χ1n) is 10.7. The second-order valence-electron chi connectivity index (χ2n) is 8.02. The van der Waals surface area contributed by atoms with Crippen LogP contribution in [0.5, 0.6) is 0 Å². The van der Waals surface area contributed by atoms with Gasteiger partial charge < -0.3 is 9.15 Å². The third-order valence-electron chi connectivity index (χ3n) is 5.74. The lowest BCUT2D eigenvalue weighted by Crippen LogP contribution is -2.40. The molecule has 170 valence electrons. The highest BCUT2D eigenvalue weighted by Crippen LogP contribution is 2.40. The van der Waals surface area contributed by atoms with Gasteiger partial charge in [-0.15, -0.1) is 11.3 Å². The molecule has 0 saturated heterocycles. The summed E-state index contributed by atoms with van der Waals surface area (Å²) < 4.78 is 13.3. The van der Waals surface area contributed by atoms with Crippen molar-refractivity contribution in [1.29, 1.82) is 0 Å². The number of rotatable bonds is 6. The molecule has 0 spiro atoms. The lowest BCUT2D eigenvalue weighted by atomic mass is 10.1. The lowest BCUT2D eigenvalue weighted by molar-refractivity contribution is 0.0528. The van der Waals surface area contributed by atoms with E-state index in [4.69, 9.17) is 9.15 Å². The van der Waals surface area contributed by atoms with Gasteiger partial charge in [-0.3, -0.25) is 13.9 Å². The van der Waals surface area contributed by atoms with Crippen LogP contribution in [0, 0.1) is 6.92 Å². The molecule has 10 heteroatoms. The average Bonchev–Trinajstić information content (AvgIpc) is 3.38. The fourth-order valence-corrected chi connectivity index (χ4v) is 4.47. The maximum Gasteiger partial charge on any atom is 0.339 e. The van der Waals surface area contributed by atoms with Gasteiger partial charge in [-0.1, -0.05) is 6.07 Å². The van der Waals surface area contributed by atoms with Crippen molar-refractivity contribution in [3.8, 4) is 10.8 Å². The number of esters is 1. The van der Waals surface area contributed by atoms with Gasteiger partial charge in [0.1, 0.15) is 17.1 Å². The number of hydrogen-bond donors (Lipinski definition) is 0. The van der Waals surface area contributed by atoms with Crippen LogP contribution < -0.4 is 11.2 Å². The highest BCUT2D eigenvalue weighted by Gasteiger charge is 2.29. The Morgan fingerprint density at radius 1 is 1.30 bits per heavy atom. The van der Waals surface area contributed by atoms with Gasteiger partial charge >= 0.3 is 11.7 Å². The fraction of sp³-hybridized carbons (Fsp3) is 0.348. The first-order valence-corrected chi connectivity index (χ1v) is 11.6. The van der Waals surface area contributed by atoms with Crippen molar-refractivity contribution in [2.75, 3.05) is 6.61 Å². The number of carbonyl (C=O) groups is 1. The molecule has 5 rings (SSSR count). The molecule has 0 bridgehead atoms. The van der Waals surface area contributed by atoms with Crippen LogP contribution in [0.15, 0.2) is 37.6 Å². The fourth-order valence-electron chi connectivity index (χ4n) is 3.83. The minimum Gasteiger partial charge on any atom is -0.462 e. The topological polar surface area (TPSA) is 109 Å². The molecule has 4 heterocycles. The summed E-state index contributed by atoms with van der Waals surface area (Å²) >= 11 is 1.48. The minimum absolute atomic E-state index is 0.0691. The molecule has 0 atom stereocenters. The molecule has 0 aromatic carbocycles. The maximum absolute atomic E-state index is 13.5. The molecule has 0 unspecified atom stereocenters. The largest absolute Gasteiger partial charge is 0.462 e. The number of thiophene rings is 1.